The third-order valence-corrected chi connectivity index (χ3v) is 4.12. The van der Waals surface area contributed by atoms with Crippen LogP contribution in [0.25, 0.3) is 10.9 Å². The van der Waals surface area contributed by atoms with Crippen LogP contribution >= 0.6 is 0 Å². The number of H-pyrrole nitrogens is 1. The topological polar surface area (TPSA) is 92.2 Å². The van der Waals surface area contributed by atoms with Crippen molar-refractivity contribution >= 4 is 16.9 Å². The van der Waals surface area contributed by atoms with E-state index >= 15 is 0 Å². The van der Waals surface area contributed by atoms with Crippen LogP contribution in [0.2, 0.25) is 0 Å². The van der Waals surface area contributed by atoms with Crippen LogP contribution in [-0.4, -0.2) is 20.6 Å². The van der Waals surface area contributed by atoms with Gasteiger partial charge in [-0.1, -0.05) is 19.3 Å². The molecule has 6 heteroatoms. The number of hydrogen-bond acceptors (Lipinski definition) is 3. The minimum Gasteiger partial charge on any atom is -0.478 e. The van der Waals surface area contributed by atoms with Crippen LogP contribution in [0.4, 0.5) is 0 Å². The van der Waals surface area contributed by atoms with Crippen molar-refractivity contribution in [2.45, 2.75) is 38.1 Å². The van der Waals surface area contributed by atoms with Gasteiger partial charge in [0.15, 0.2) is 0 Å². The smallest absolute Gasteiger partial charge is 0.335 e. The molecule has 0 bridgehead atoms. The number of carbonyl (C=O) groups is 1. The molecule has 2 N–H and O–H groups in total. The molecule has 0 unspecified atom stereocenters. The van der Waals surface area contributed by atoms with Gasteiger partial charge in [-0.25, -0.2) is 9.59 Å². The van der Waals surface area contributed by atoms with E-state index < -0.39 is 11.7 Å². The first-order valence-electron chi connectivity index (χ1n) is 7.10. The minimum atomic E-state index is -1.09. The average molecular weight is 288 g/mol. The monoisotopic (exact) mass is 288 g/mol. The van der Waals surface area contributed by atoms with Crippen molar-refractivity contribution in [1.29, 1.82) is 0 Å². The lowest BCUT2D eigenvalue weighted by Gasteiger charge is -2.23. The Kier molecular flexibility index (Phi) is 3.37. The van der Waals surface area contributed by atoms with E-state index in [0.29, 0.717) is 5.39 Å². The molecule has 21 heavy (non-hydrogen) atoms. The molecule has 0 amide bonds. The molecule has 1 aromatic heterocycles. The molecular formula is C15H16N2O4. The highest BCUT2D eigenvalue weighted by molar-refractivity contribution is 5.92. The Morgan fingerprint density at radius 1 is 1.19 bits per heavy atom. The summed E-state index contributed by atoms with van der Waals surface area (Å²) in [5, 5.41) is 9.32. The summed E-state index contributed by atoms with van der Waals surface area (Å²) in [6.07, 6.45) is 4.85. The zero-order chi connectivity index (χ0) is 15.0. The summed E-state index contributed by atoms with van der Waals surface area (Å²) in [6.45, 7) is 0. The van der Waals surface area contributed by atoms with Crippen LogP contribution in [-0.2, 0) is 0 Å². The Labute approximate surface area is 120 Å². The van der Waals surface area contributed by atoms with Gasteiger partial charge in [0.25, 0.3) is 5.56 Å². The van der Waals surface area contributed by atoms with Crippen molar-refractivity contribution in [3.63, 3.8) is 0 Å². The number of aromatic nitrogens is 2. The van der Waals surface area contributed by atoms with Gasteiger partial charge in [0.1, 0.15) is 0 Å². The SMILES string of the molecule is O=C(O)c1ccc2c(=O)n(C3CCCCC3)c(=O)[nH]c2c1. The number of benzene rings is 1. The summed E-state index contributed by atoms with van der Waals surface area (Å²) in [7, 11) is 0. The summed E-state index contributed by atoms with van der Waals surface area (Å²) in [4.78, 5) is 38.3. The molecule has 1 heterocycles. The highest BCUT2D eigenvalue weighted by Crippen LogP contribution is 2.26. The van der Waals surface area contributed by atoms with Gasteiger partial charge in [-0.15, -0.1) is 0 Å². The van der Waals surface area contributed by atoms with Crippen molar-refractivity contribution in [1.82, 2.24) is 9.55 Å². The molecule has 1 saturated carbocycles. The number of aromatic amines is 1. The summed E-state index contributed by atoms with van der Waals surface area (Å²) in [5.41, 5.74) is -0.468. The normalized spacial score (nSPS) is 16.2. The number of carboxylic acids is 1. The maximum atomic E-state index is 12.5. The Balaban J connectivity index is 2.19. The molecule has 1 fully saturated rings. The van der Waals surface area contributed by atoms with Crippen LogP contribution in [0.15, 0.2) is 27.8 Å². The number of hydrogen-bond donors (Lipinski definition) is 2. The van der Waals surface area contributed by atoms with E-state index in [0.717, 1.165) is 32.1 Å². The van der Waals surface area contributed by atoms with Gasteiger partial charge in [0.05, 0.1) is 16.5 Å². The fraction of sp³-hybridized carbons (Fsp3) is 0.400. The lowest BCUT2D eigenvalue weighted by molar-refractivity contribution is 0.0697. The van der Waals surface area contributed by atoms with Crippen LogP contribution < -0.4 is 11.2 Å². The highest BCUT2D eigenvalue weighted by Gasteiger charge is 2.20. The molecule has 3 rings (SSSR count). The fourth-order valence-electron chi connectivity index (χ4n) is 3.04. The van der Waals surface area contributed by atoms with E-state index in [1.54, 1.807) is 0 Å². The van der Waals surface area contributed by atoms with Gasteiger partial charge in [-0.2, -0.15) is 0 Å². The molecule has 6 nitrogen and oxygen atoms in total. The molecule has 1 aliphatic carbocycles. The molecule has 0 radical (unpaired) electrons. The first-order chi connectivity index (χ1) is 10.1. The second kappa shape index (κ2) is 5.20. The van der Waals surface area contributed by atoms with Gasteiger partial charge >= 0.3 is 11.7 Å². The predicted molar refractivity (Wildman–Crippen MR) is 77.9 cm³/mol. The number of nitrogens with one attached hydrogen (secondary N) is 1. The molecule has 110 valence electrons. The summed E-state index contributed by atoms with van der Waals surface area (Å²) in [6, 6.07) is 4.12. The molecule has 2 aromatic rings. The van der Waals surface area contributed by atoms with Crippen LogP contribution in [0.5, 0.6) is 0 Å². The average Bonchev–Trinajstić information content (AvgIpc) is 2.47. The molecule has 0 spiro atoms. The Hall–Kier alpha value is -2.37. The summed E-state index contributed by atoms with van der Waals surface area (Å²) >= 11 is 0. The molecule has 1 aliphatic rings. The van der Waals surface area contributed by atoms with Crippen molar-refractivity contribution in [3.8, 4) is 0 Å². The third-order valence-electron chi connectivity index (χ3n) is 4.12. The standard InChI is InChI=1S/C15H16N2O4/c18-13-11-7-6-9(14(19)20)8-12(11)16-15(21)17(13)10-4-2-1-3-5-10/h6-8,10H,1-5H2,(H,16,21)(H,19,20). The first kappa shape index (κ1) is 13.6. The quantitative estimate of drug-likeness (QED) is 0.882. The van der Waals surface area contributed by atoms with Gasteiger partial charge in [0, 0.05) is 6.04 Å². The van der Waals surface area contributed by atoms with E-state index in [4.69, 9.17) is 5.11 Å². The van der Waals surface area contributed by atoms with Gasteiger partial charge < -0.3 is 10.1 Å². The largest absolute Gasteiger partial charge is 0.478 e. The molecule has 1 aromatic carbocycles. The molecule has 0 saturated heterocycles. The summed E-state index contributed by atoms with van der Waals surface area (Å²) < 4.78 is 1.29. The molecule has 0 atom stereocenters. The lowest BCUT2D eigenvalue weighted by atomic mass is 9.95. The van der Waals surface area contributed by atoms with Gasteiger partial charge in [-0.05, 0) is 31.0 Å². The summed E-state index contributed by atoms with van der Waals surface area (Å²) in [5.74, 6) is -1.09. The Morgan fingerprint density at radius 3 is 2.57 bits per heavy atom. The number of carboxylic acid groups (broad SMARTS) is 1. The van der Waals surface area contributed by atoms with E-state index in [9.17, 15) is 14.4 Å². The minimum absolute atomic E-state index is 0.0490. The fourth-order valence-corrected chi connectivity index (χ4v) is 3.04. The number of fused-ring (bicyclic) bond motifs is 1. The Bertz CT molecular complexity index is 813. The van der Waals surface area contributed by atoms with E-state index in [1.807, 2.05) is 0 Å². The highest BCUT2D eigenvalue weighted by atomic mass is 16.4. The first-order valence-corrected chi connectivity index (χ1v) is 7.10. The van der Waals surface area contributed by atoms with Crippen molar-refractivity contribution < 1.29 is 9.90 Å². The zero-order valence-corrected chi connectivity index (χ0v) is 11.5. The second-order valence-electron chi connectivity index (χ2n) is 5.46. The van der Waals surface area contributed by atoms with Crippen molar-refractivity contribution in [2.24, 2.45) is 0 Å². The maximum Gasteiger partial charge on any atom is 0.335 e. The number of rotatable bonds is 2. The van der Waals surface area contributed by atoms with Gasteiger partial charge in [0.2, 0.25) is 0 Å². The predicted octanol–water partition coefficient (Wildman–Crippen LogP) is 1.89. The van der Waals surface area contributed by atoms with Crippen molar-refractivity contribution in [3.05, 3.63) is 44.6 Å². The number of nitrogens with zero attached hydrogens (tertiary/aromatic N) is 1. The van der Waals surface area contributed by atoms with Crippen LogP contribution in [0, 0.1) is 0 Å². The van der Waals surface area contributed by atoms with Gasteiger partial charge in [-0.3, -0.25) is 9.36 Å². The molecule has 0 aliphatic heterocycles. The van der Waals surface area contributed by atoms with Crippen LogP contribution in [0.1, 0.15) is 48.5 Å². The maximum absolute atomic E-state index is 12.5. The van der Waals surface area contributed by atoms with E-state index in [2.05, 4.69) is 4.98 Å². The molecular weight excluding hydrogens is 272 g/mol. The second-order valence-corrected chi connectivity index (χ2v) is 5.46. The zero-order valence-electron chi connectivity index (χ0n) is 11.5. The third kappa shape index (κ3) is 2.37. The van der Waals surface area contributed by atoms with Crippen LogP contribution in [0.3, 0.4) is 0 Å². The van der Waals surface area contributed by atoms with E-state index in [-0.39, 0.29) is 22.7 Å². The van der Waals surface area contributed by atoms with E-state index in [1.165, 1.54) is 22.8 Å². The Morgan fingerprint density at radius 2 is 1.90 bits per heavy atom. The number of aromatic carboxylic acids is 1. The van der Waals surface area contributed by atoms with Crippen molar-refractivity contribution in [2.75, 3.05) is 0 Å². The lowest BCUT2D eigenvalue weighted by Crippen LogP contribution is -2.38.